The summed E-state index contributed by atoms with van der Waals surface area (Å²) in [5, 5.41) is 9.14. The Morgan fingerprint density at radius 1 is 1.26 bits per heavy atom. The number of hydrogen-bond donors (Lipinski definition) is 2. The molecule has 2 fully saturated rings. The van der Waals surface area contributed by atoms with Crippen LogP contribution in [0.25, 0.3) is 0 Å². The van der Waals surface area contributed by atoms with Crippen molar-refractivity contribution in [2.75, 3.05) is 31.1 Å². The number of likely N-dealkylation sites (tertiary alicyclic amines) is 1. The molecule has 0 spiro atoms. The molecule has 2 saturated heterocycles. The number of thioether (sulfide) groups is 1. The van der Waals surface area contributed by atoms with E-state index in [9.17, 15) is 14.4 Å². The van der Waals surface area contributed by atoms with Crippen molar-refractivity contribution in [1.29, 1.82) is 0 Å². The number of primary amides is 1. The van der Waals surface area contributed by atoms with E-state index in [1.807, 2.05) is 0 Å². The van der Waals surface area contributed by atoms with Gasteiger partial charge in [0.05, 0.1) is 5.92 Å². The van der Waals surface area contributed by atoms with Crippen molar-refractivity contribution in [3.05, 3.63) is 0 Å². The Bertz CT molecular complexity index is 403. The van der Waals surface area contributed by atoms with E-state index in [2.05, 4.69) is 0 Å². The van der Waals surface area contributed by atoms with Crippen LogP contribution in [-0.4, -0.2) is 70.0 Å². The van der Waals surface area contributed by atoms with Gasteiger partial charge in [-0.25, -0.2) is 9.59 Å². The lowest BCUT2D eigenvalue weighted by molar-refractivity contribution is -0.141. The van der Waals surface area contributed by atoms with Gasteiger partial charge in [0, 0.05) is 31.1 Å². The first-order valence-corrected chi connectivity index (χ1v) is 7.31. The molecule has 19 heavy (non-hydrogen) atoms. The van der Waals surface area contributed by atoms with Crippen molar-refractivity contribution in [3.63, 3.8) is 0 Å². The molecule has 7 nitrogen and oxygen atoms in total. The van der Waals surface area contributed by atoms with Crippen molar-refractivity contribution in [2.45, 2.75) is 12.5 Å². The number of hydrogen-bond acceptors (Lipinski definition) is 4. The highest BCUT2D eigenvalue weighted by Gasteiger charge is 2.38. The summed E-state index contributed by atoms with van der Waals surface area (Å²) in [6.45, 7) is 1.19. The topological polar surface area (TPSA) is 104 Å². The van der Waals surface area contributed by atoms with Crippen LogP contribution in [0.15, 0.2) is 0 Å². The van der Waals surface area contributed by atoms with E-state index in [-0.39, 0.29) is 11.9 Å². The molecule has 8 heteroatoms. The summed E-state index contributed by atoms with van der Waals surface area (Å²) in [6.07, 6.45) is 0.557. The van der Waals surface area contributed by atoms with Crippen molar-refractivity contribution >= 4 is 29.7 Å². The average Bonchev–Trinajstić information content (AvgIpc) is 2.87. The number of rotatable bonds is 2. The second kappa shape index (κ2) is 5.68. The van der Waals surface area contributed by atoms with Gasteiger partial charge in [-0.15, -0.1) is 0 Å². The van der Waals surface area contributed by atoms with Gasteiger partial charge in [-0.3, -0.25) is 4.79 Å². The van der Waals surface area contributed by atoms with Gasteiger partial charge in [-0.1, -0.05) is 0 Å². The highest BCUT2D eigenvalue weighted by Crippen LogP contribution is 2.22. The molecule has 106 valence electrons. The molecule has 0 saturated carbocycles. The average molecular weight is 287 g/mol. The van der Waals surface area contributed by atoms with E-state index in [1.54, 1.807) is 0 Å². The summed E-state index contributed by atoms with van der Waals surface area (Å²) in [5.74, 6) is -0.548. The Labute approximate surface area is 115 Å². The highest BCUT2D eigenvalue weighted by atomic mass is 32.2. The van der Waals surface area contributed by atoms with Gasteiger partial charge in [0.25, 0.3) is 0 Å². The molecule has 2 rings (SSSR count). The molecule has 3 amide bonds. The lowest BCUT2D eigenvalue weighted by Crippen LogP contribution is -2.54. The van der Waals surface area contributed by atoms with Crippen LogP contribution >= 0.6 is 11.8 Å². The molecule has 0 radical (unpaired) electrons. The SMILES string of the molecule is NC(=O)C1CCN(C(=O)N2CCSCC2C(=O)O)C1. The van der Waals surface area contributed by atoms with Gasteiger partial charge in [-0.2, -0.15) is 11.8 Å². The minimum absolute atomic E-state index is 0.295. The number of amides is 3. The monoisotopic (exact) mass is 287 g/mol. The zero-order valence-corrected chi connectivity index (χ0v) is 11.3. The molecular formula is C11H17N3O4S. The van der Waals surface area contributed by atoms with Gasteiger partial charge in [0.2, 0.25) is 5.91 Å². The fourth-order valence-electron chi connectivity index (χ4n) is 2.39. The van der Waals surface area contributed by atoms with Crippen LogP contribution < -0.4 is 5.73 Å². The summed E-state index contributed by atoms with van der Waals surface area (Å²) in [4.78, 5) is 37.5. The molecule has 3 N–H and O–H groups in total. The Morgan fingerprint density at radius 2 is 2.00 bits per heavy atom. The Hall–Kier alpha value is -1.44. The first kappa shape index (κ1) is 14.0. The summed E-state index contributed by atoms with van der Waals surface area (Å²) >= 11 is 1.53. The van der Waals surface area contributed by atoms with Gasteiger partial charge < -0.3 is 20.6 Å². The molecule has 2 aliphatic rings. The van der Waals surface area contributed by atoms with E-state index in [1.165, 1.54) is 21.6 Å². The number of aliphatic carboxylic acids is 1. The van der Waals surface area contributed by atoms with Crippen molar-refractivity contribution < 1.29 is 19.5 Å². The van der Waals surface area contributed by atoms with E-state index in [0.29, 0.717) is 31.8 Å². The Morgan fingerprint density at radius 3 is 2.58 bits per heavy atom. The lowest BCUT2D eigenvalue weighted by atomic mass is 10.1. The lowest BCUT2D eigenvalue weighted by Gasteiger charge is -2.35. The van der Waals surface area contributed by atoms with Crippen molar-refractivity contribution in [3.8, 4) is 0 Å². The van der Waals surface area contributed by atoms with E-state index in [4.69, 9.17) is 10.8 Å². The zero-order valence-electron chi connectivity index (χ0n) is 10.4. The van der Waals surface area contributed by atoms with E-state index in [0.717, 1.165) is 5.75 Å². The predicted octanol–water partition coefficient (Wildman–Crippen LogP) is -0.584. The zero-order chi connectivity index (χ0) is 14.0. The third kappa shape index (κ3) is 2.94. The number of carbonyl (C=O) groups excluding carboxylic acids is 2. The molecule has 2 atom stereocenters. The third-order valence-electron chi connectivity index (χ3n) is 3.52. The van der Waals surface area contributed by atoms with Gasteiger partial charge in [-0.05, 0) is 6.42 Å². The Balaban J connectivity index is 2.02. The molecule has 0 aliphatic carbocycles. The molecule has 0 bridgehead atoms. The van der Waals surface area contributed by atoms with Crippen LogP contribution in [0.4, 0.5) is 4.79 Å². The van der Waals surface area contributed by atoms with Crippen LogP contribution in [0.2, 0.25) is 0 Å². The van der Waals surface area contributed by atoms with Crippen LogP contribution in [0.1, 0.15) is 6.42 Å². The van der Waals surface area contributed by atoms with Crippen molar-refractivity contribution in [1.82, 2.24) is 9.80 Å². The predicted molar refractivity (Wildman–Crippen MR) is 69.7 cm³/mol. The summed E-state index contributed by atoms with van der Waals surface area (Å²) < 4.78 is 0. The number of carboxylic acid groups (broad SMARTS) is 1. The maximum atomic E-state index is 12.3. The third-order valence-corrected chi connectivity index (χ3v) is 4.54. The van der Waals surface area contributed by atoms with Gasteiger partial charge >= 0.3 is 12.0 Å². The summed E-state index contributed by atoms with van der Waals surface area (Å²) in [7, 11) is 0. The fourth-order valence-corrected chi connectivity index (χ4v) is 3.42. The minimum Gasteiger partial charge on any atom is -0.480 e. The maximum absolute atomic E-state index is 12.3. The van der Waals surface area contributed by atoms with Crippen LogP contribution in [0.5, 0.6) is 0 Å². The number of nitrogens with zero attached hydrogens (tertiary/aromatic N) is 2. The molecule has 0 aromatic carbocycles. The van der Waals surface area contributed by atoms with E-state index >= 15 is 0 Å². The molecule has 0 aromatic rings. The second-order valence-corrected chi connectivity index (χ2v) is 5.89. The fraction of sp³-hybridized carbons (Fsp3) is 0.727. The molecule has 2 unspecified atom stereocenters. The first-order valence-electron chi connectivity index (χ1n) is 6.16. The first-order chi connectivity index (χ1) is 9.00. The van der Waals surface area contributed by atoms with Crippen LogP contribution in [0.3, 0.4) is 0 Å². The van der Waals surface area contributed by atoms with Crippen LogP contribution in [0, 0.1) is 5.92 Å². The maximum Gasteiger partial charge on any atom is 0.327 e. The number of urea groups is 1. The molecule has 2 heterocycles. The smallest absolute Gasteiger partial charge is 0.327 e. The Kier molecular flexibility index (Phi) is 4.18. The van der Waals surface area contributed by atoms with Gasteiger partial charge in [0.1, 0.15) is 6.04 Å². The largest absolute Gasteiger partial charge is 0.480 e. The number of nitrogens with two attached hydrogens (primary N) is 1. The van der Waals surface area contributed by atoms with Crippen molar-refractivity contribution in [2.24, 2.45) is 11.7 Å². The highest BCUT2D eigenvalue weighted by molar-refractivity contribution is 7.99. The quantitative estimate of drug-likeness (QED) is 0.707. The normalized spacial score (nSPS) is 27.4. The van der Waals surface area contributed by atoms with E-state index < -0.39 is 17.9 Å². The van der Waals surface area contributed by atoms with Crippen LogP contribution in [-0.2, 0) is 9.59 Å². The minimum atomic E-state index is -0.980. The summed E-state index contributed by atoms with van der Waals surface area (Å²) in [5.41, 5.74) is 5.23. The van der Waals surface area contributed by atoms with Gasteiger partial charge in [0.15, 0.2) is 0 Å². The number of carboxylic acids is 1. The molecule has 2 aliphatic heterocycles. The summed E-state index contributed by atoms with van der Waals surface area (Å²) in [6, 6.07) is -1.07. The molecule has 0 aromatic heterocycles. The molecular weight excluding hydrogens is 270 g/mol. The standard InChI is InChI=1S/C11H17N3O4S/c12-9(15)7-1-2-13(5-7)11(18)14-3-4-19-6-8(14)10(16)17/h7-8H,1-6H2,(H2,12,15)(H,16,17). The number of carbonyl (C=O) groups is 3. The second-order valence-electron chi connectivity index (χ2n) is 4.74.